The first kappa shape index (κ1) is 12.2. The Bertz CT molecular complexity index is 403. The Morgan fingerprint density at radius 3 is 2.25 bits per heavy atom. The normalized spacial score (nSPS) is 11.9. The summed E-state index contributed by atoms with van der Waals surface area (Å²) in [5, 5.41) is 0. The minimum Gasteiger partial charge on any atom is -0.361 e. The molecule has 1 atom stereocenters. The highest BCUT2D eigenvalue weighted by Gasteiger charge is 2.21. The van der Waals surface area contributed by atoms with E-state index in [9.17, 15) is 14.0 Å². The van der Waals surface area contributed by atoms with E-state index in [1.807, 2.05) is 0 Å². The van der Waals surface area contributed by atoms with Crippen molar-refractivity contribution in [3.05, 3.63) is 35.6 Å². The maximum Gasteiger partial charge on any atom is 0.311 e. The number of nitrogens with zero attached hydrogens (tertiary/aromatic N) is 1. The van der Waals surface area contributed by atoms with Gasteiger partial charge in [0.05, 0.1) is 6.04 Å². The third-order valence-corrected chi connectivity index (χ3v) is 2.46. The van der Waals surface area contributed by atoms with Crippen LogP contribution in [0.3, 0.4) is 0 Å². The minimum absolute atomic E-state index is 0.333. The molecule has 2 amide bonds. The number of carbonyl (C=O) groups excluding carboxylic acids is 2. The fourth-order valence-corrected chi connectivity index (χ4v) is 1.31. The molecule has 0 saturated carbocycles. The van der Waals surface area contributed by atoms with E-state index in [0.717, 1.165) is 5.56 Å². The predicted molar refractivity (Wildman–Crippen MR) is 56.8 cm³/mol. The number of halogens is 1. The van der Waals surface area contributed by atoms with Gasteiger partial charge >= 0.3 is 11.8 Å². The van der Waals surface area contributed by atoms with E-state index < -0.39 is 11.8 Å². The lowest BCUT2D eigenvalue weighted by molar-refractivity contribution is -0.144. The summed E-state index contributed by atoms with van der Waals surface area (Å²) in [5.41, 5.74) is 5.62. The molecule has 0 radical (unpaired) electrons. The van der Waals surface area contributed by atoms with Gasteiger partial charge in [0.25, 0.3) is 0 Å². The molecule has 2 N–H and O–H groups in total. The van der Waals surface area contributed by atoms with Gasteiger partial charge in [0.1, 0.15) is 5.82 Å². The highest BCUT2D eigenvalue weighted by atomic mass is 19.1. The van der Waals surface area contributed by atoms with Crippen molar-refractivity contribution in [1.29, 1.82) is 0 Å². The molecule has 0 saturated heterocycles. The van der Waals surface area contributed by atoms with Crippen LogP contribution < -0.4 is 5.73 Å². The summed E-state index contributed by atoms with van der Waals surface area (Å²) in [4.78, 5) is 23.2. The summed E-state index contributed by atoms with van der Waals surface area (Å²) in [6.07, 6.45) is 0. The van der Waals surface area contributed by atoms with Gasteiger partial charge in [-0.3, -0.25) is 9.59 Å². The number of carbonyl (C=O) groups is 2. The van der Waals surface area contributed by atoms with Crippen LogP contribution in [0, 0.1) is 5.82 Å². The Morgan fingerprint density at radius 2 is 1.81 bits per heavy atom. The first-order valence-electron chi connectivity index (χ1n) is 4.75. The molecule has 1 rings (SSSR count). The van der Waals surface area contributed by atoms with Crippen LogP contribution >= 0.6 is 0 Å². The molecule has 0 bridgehead atoms. The Labute approximate surface area is 92.8 Å². The topological polar surface area (TPSA) is 63.4 Å². The molecule has 0 unspecified atom stereocenters. The predicted octanol–water partition coefficient (Wildman–Crippen LogP) is 0.830. The number of benzene rings is 1. The summed E-state index contributed by atoms with van der Waals surface area (Å²) >= 11 is 0. The van der Waals surface area contributed by atoms with Crippen LogP contribution in [-0.4, -0.2) is 23.8 Å². The number of amides is 2. The number of primary amides is 1. The fraction of sp³-hybridized carbons (Fsp3) is 0.273. The molecule has 16 heavy (non-hydrogen) atoms. The van der Waals surface area contributed by atoms with Gasteiger partial charge in [-0.2, -0.15) is 0 Å². The van der Waals surface area contributed by atoms with E-state index in [2.05, 4.69) is 0 Å². The number of hydrogen-bond donors (Lipinski definition) is 1. The molecule has 0 aliphatic carbocycles. The number of likely N-dealkylation sites (N-methyl/N-ethyl adjacent to an activating group) is 1. The van der Waals surface area contributed by atoms with Crippen molar-refractivity contribution in [2.75, 3.05) is 7.05 Å². The lowest BCUT2D eigenvalue weighted by atomic mass is 10.1. The van der Waals surface area contributed by atoms with Crippen molar-refractivity contribution >= 4 is 11.8 Å². The van der Waals surface area contributed by atoms with Gasteiger partial charge in [-0.15, -0.1) is 0 Å². The zero-order chi connectivity index (χ0) is 12.3. The van der Waals surface area contributed by atoms with Crippen molar-refractivity contribution in [3.8, 4) is 0 Å². The second kappa shape index (κ2) is 4.74. The molecular weight excluding hydrogens is 211 g/mol. The first-order valence-corrected chi connectivity index (χ1v) is 4.75. The molecule has 1 aromatic rings. The summed E-state index contributed by atoms with van der Waals surface area (Å²) < 4.78 is 12.7. The van der Waals surface area contributed by atoms with Crippen LogP contribution in [0.1, 0.15) is 18.5 Å². The zero-order valence-electron chi connectivity index (χ0n) is 9.11. The average molecular weight is 224 g/mol. The molecule has 0 aromatic heterocycles. The Morgan fingerprint density at radius 1 is 1.31 bits per heavy atom. The lowest BCUT2D eigenvalue weighted by Gasteiger charge is -2.23. The van der Waals surface area contributed by atoms with E-state index in [0.29, 0.717) is 0 Å². The van der Waals surface area contributed by atoms with Crippen molar-refractivity contribution < 1.29 is 14.0 Å². The second-order valence-corrected chi connectivity index (χ2v) is 3.51. The van der Waals surface area contributed by atoms with Gasteiger partial charge in [0.2, 0.25) is 0 Å². The van der Waals surface area contributed by atoms with Crippen LogP contribution in [0.25, 0.3) is 0 Å². The van der Waals surface area contributed by atoms with Gasteiger partial charge < -0.3 is 10.6 Å². The maximum atomic E-state index is 12.7. The van der Waals surface area contributed by atoms with E-state index in [4.69, 9.17) is 5.73 Å². The van der Waals surface area contributed by atoms with Crippen LogP contribution in [-0.2, 0) is 9.59 Å². The highest BCUT2D eigenvalue weighted by molar-refractivity contribution is 6.34. The molecule has 0 spiro atoms. The minimum atomic E-state index is -1.00. The monoisotopic (exact) mass is 224 g/mol. The third kappa shape index (κ3) is 2.56. The smallest absolute Gasteiger partial charge is 0.311 e. The van der Waals surface area contributed by atoms with Crippen molar-refractivity contribution in [3.63, 3.8) is 0 Å². The second-order valence-electron chi connectivity index (χ2n) is 3.51. The van der Waals surface area contributed by atoms with Gasteiger partial charge in [0.15, 0.2) is 0 Å². The summed E-state index contributed by atoms with van der Waals surface area (Å²) in [6.45, 7) is 1.73. The zero-order valence-corrected chi connectivity index (χ0v) is 9.11. The van der Waals surface area contributed by atoms with Gasteiger partial charge in [-0.25, -0.2) is 4.39 Å². The van der Waals surface area contributed by atoms with Crippen LogP contribution in [0.5, 0.6) is 0 Å². The third-order valence-electron chi connectivity index (χ3n) is 2.46. The maximum absolute atomic E-state index is 12.7. The highest BCUT2D eigenvalue weighted by Crippen LogP contribution is 2.18. The number of rotatable bonds is 2. The molecule has 0 aliphatic rings. The first-order chi connectivity index (χ1) is 7.43. The van der Waals surface area contributed by atoms with Crippen molar-refractivity contribution in [2.45, 2.75) is 13.0 Å². The number of nitrogens with two attached hydrogens (primary N) is 1. The Kier molecular flexibility index (Phi) is 3.60. The largest absolute Gasteiger partial charge is 0.361 e. The summed E-state index contributed by atoms with van der Waals surface area (Å²) in [7, 11) is 1.47. The standard InChI is InChI=1S/C11H13FN2O2/c1-7(14(2)11(16)10(13)15)8-3-5-9(12)6-4-8/h3-7H,1-2H3,(H2,13,15)/t7-/m1/s1. The lowest BCUT2D eigenvalue weighted by Crippen LogP contribution is -2.39. The average Bonchev–Trinajstić information content (AvgIpc) is 2.27. The fourth-order valence-electron chi connectivity index (χ4n) is 1.31. The molecule has 1 aromatic carbocycles. The SMILES string of the molecule is C[C@H](c1ccc(F)cc1)N(C)C(=O)C(N)=O. The van der Waals surface area contributed by atoms with E-state index in [-0.39, 0.29) is 11.9 Å². The Balaban J connectivity index is 2.85. The van der Waals surface area contributed by atoms with Crippen LogP contribution in [0.4, 0.5) is 4.39 Å². The van der Waals surface area contributed by atoms with Crippen molar-refractivity contribution in [1.82, 2.24) is 4.90 Å². The summed E-state index contributed by atoms with van der Waals surface area (Å²) in [6, 6.07) is 5.39. The quantitative estimate of drug-likeness (QED) is 0.756. The van der Waals surface area contributed by atoms with Crippen LogP contribution in [0.15, 0.2) is 24.3 Å². The molecule has 0 aliphatic heterocycles. The molecule has 86 valence electrons. The van der Waals surface area contributed by atoms with Gasteiger partial charge in [0, 0.05) is 7.05 Å². The van der Waals surface area contributed by atoms with E-state index >= 15 is 0 Å². The molecule has 5 heteroatoms. The van der Waals surface area contributed by atoms with Gasteiger partial charge in [-0.05, 0) is 24.6 Å². The number of hydrogen-bond acceptors (Lipinski definition) is 2. The van der Waals surface area contributed by atoms with E-state index in [1.54, 1.807) is 19.1 Å². The molecule has 4 nitrogen and oxygen atoms in total. The molecule has 0 heterocycles. The van der Waals surface area contributed by atoms with Gasteiger partial charge in [-0.1, -0.05) is 12.1 Å². The van der Waals surface area contributed by atoms with Crippen LogP contribution in [0.2, 0.25) is 0 Å². The Hall–Kier alpha value is -1.91. The molecular formula is C11H13FN2O2. The summed E-state index contributed by atoms with van der Waals surface area (Å²) in [5.74, 6) is -2.12. The van der Waals surface area contributed by atoms with E-state index in [1.165, 1.54) is 24.1 Å². The molecule has 0 fully saturated rings. The van der Waals surface area contributed by atoms with Crippen molar-refractivity contribution in [2.24, 2.45) is 5.73 Å².